The van der Waals surface area contributed by atoms with Crippen molar-refractivity contribution in [3.8, 4) is 0 Å². The normalized spacial score (nSPS) is 22.9. The van der Waals surface area contributed by atoms with E-state index in [0.29, 0.717) is 0 Å². The number of piperidine rings is 1. The molecule has 1 aliphatic heterocycles. The van der Waals surface area contributed by atoms with Crippen LogP contribution in [-0.4, -0.2) is 35.0 Å². The van der Waals surface area contributed by atoms with Gasteiger partial charge in [0.15, 0.2) is 0 Å². The van der Waals surface area contributed by atoms with Crippen molar-refractivity contribution >= 4 is 15.9 Å². The van der Waals surface area contributed by atoms with Gasteiger partial charge in [-0.05, 0) is 54.7 Å². The van der Waals surface area contributed by atoms with Gasteiger partial charge < -0.3 is 4.90 Å². The largest absolute Gasteiger partial charge is 0.306 e. The Morgan fingerprint density at radius 2 is 2.33 bits per heavy atom. The summed E-state index contributed by atoms with van der Waals surface area (Å²) in [6, 6.07) is 0. The van der Waals surface area contributed by atoms with Crippen molar-refractivity contribution in [2.75, 3.05) is 20.1 Å². The van der Waals surface area contributed by atoms with Gasteiger partial charge in [-0.25, -0.2) is 4.98 Å². The first-order valence-corrected chi connectivity index (χ1v) is 6.18. The SMILES string of the molecule is CN1CCC[C@H](Cc2cnc(Br)cn2)C1. The maximum atomic E-state index is 4.37. The van der Waals surface area contributed by atoms with Crippen molar-refractivity contribution in [1.29, 1.82) is 0 Å². The Balaban J connectivity index is 1.93. The van der Waals surface area contributed by atoms with E-state index in [1.165, 1.54) is 25.9 Å². The van der Waals surface area contributed by atoms with Gasteiger partial charge in [-0.2, -0.15) is 0 Å². The number of nitrogens with zero attached hydrogens (tertiary/aromatic N) is 3. The molecule has 3 nitrogen and oxygen atoms in total. The Bertz CT molecular complexity index is 312. The number of aromatic nitrogens is 2. The summed E-state index contributed by atoms with van der Waals surface area (Å²) in [4.78, 5) is 11.0. The van der Waals surface area contributed by atoms with Crippen molar-refractivity contribution in [1.82, 2.24) is 14.9 Å². The van der Waals surface area contributed by atoms with E-state index in [9.17, 15) is 0 Å². The highest BCUT2D eigenvalue weighted by Crippen LogP contribution is 2.18. The minimum Gasteiger partial charge on any atom is -0.306 e. The quantitative estimate of drug-likeness (QED) is 0.824. The Kier molecular flexibility index (Phi) is 3.70. The van der Waals surface area contributed by atoms with E-state index in [0.717, 1.165) is 22.6 Å². The topological polar surface area (TPSA) is 29.0 Å². The van der Waals surface area contributed by atoms with Gasteiger partial charge in [-0.1, -0.05) is 0 Å². The summed E-state index contributed by atoms with van der Waals surface area (Å²) in [7, 11) is 2.19. The molecule has 15 heavy (non-hydrogen) atoms. The van der Waals surface area contributed by atoms with E-state index in [1.54, 1.807) is 6.20 Å². The lowest BCUT2D eigenvalue weighted by atomic mass is 9.94. The second-order valence-corrected chi connectivity index (χ2v) is 5.12. The molecule has 0 radical (unpaired) electrons. The zero-order valence-electron chi connectivity index (χ0n) is 8.99. The van der Waals surface area contributed by atoms with Crippen molar-refractivity contribution in [3.63, 3.8) is 0 Å². The van der Waals surface area contributed by atoms with E-state index >= 15 is 0 Å². The molecule has 1 aromatic rings. The molecule has 0 aromatic carbocycles. The molecule has 0 unspecified atom stereocenters. The molecule has 0 bridgehead atoms. The molecular formula is C11H16BrN3. The summed E-state index contributed by atoms with van der Waals surface area (Å²) in [5.74, 6) is 0.749. The van der Waals surface area contributed by atoms with Gasteiger partial charge in [-0.3, -0.25) is 4.98 Å². The summed E-state index contributed by atoms with van der Waals surface area (Å²) < 4.78 is 0.812. The van der Waals surface area contributed by atoms with E-state index in [2.05, 4.69) is 37.8 Å². The maximum absolute atomic E-state index is 4.37. The molecule has 0 N–H and O–H groups in total. The van der Waals surface area contributed by atoms with Crippen molar-refractivity contribution in [2.24, 2.45) is 5.92 Å². The lowest BCUT2D eigenvalue weighted by molar-refractivity contribution is 0.208. The highest BCUT2D eigenvalue weighted by atomic mass is 79.9. The molecule has 4 heteroatoms. The maximum Gasteiger partial charge on any atom is 0.124 e. The molecule has 1 fully saturated rings. The third-order valence-electron chi connectivity index (χ3n) is 2.89. The molecular weight excluding hydrogens is 254 g/mol. The number of rotatable bonds is 2. The van der Waals surface area contributed by atoms with Gasteiger partial charge in [-0.15, -0.1) is 0 Å². The van der Waals surface area contributed by atoms with Gasteiger partial charge in [0, 0.05) is 12.7 Å². The lowest BCUT2D eigenvalue weighted by Gasteiger charge is -2.29. The molecule has 2 heterocycles. The molecule has 0 amide bonds. The predicted octanol–water partition coefficient (Wildman–Crippen LogP) is 2.12. The third kappa shape index (κ3) is 3.24. The standard InChI is InChI=1S/C11H16BrN3/c1-15-4-2-3-9(8-15)5-10-6-14-11(12)7-13-10/h6-7,9H,2-5,8H2,1H3/t9-/m1/s1. The van der Waals surface area contributed by atoms with Crippen LogP contribution in [0.5, 0.6) is 0 Å². The van der Waals surface area contributed by atoms with Gasteiger partial charge in [0.2, 0.25) is 0 Å². The van der Waals surface area contributed by atoms with Gasteiger partial charge in [0.05, 0.1) is 11.9 Å². The van der Waals surface area contributed by atoms with Crippen LogP contribution in [0.3, 0.4) is 0 Å². The second-order valence-electron chi connectivity index (χ2n) is 4.31. The molecule has 0 saturated carbocycles. The fourth-order valence-electron chi connectivity index (χ4n) is 2.18. The number of hydrogen-bond acceptors (Lipinski definition) is 3. The zero-order valence-corrected chi connectivity index (χ0v) is 10.6. The number of likely N-dealkylation sites (tertiary alicyclic amines) is 1. The molecule has 0 aliphatic carbocycles. The van der Waals surface area contributed by atoms with Crippen molar-refractivity contribution in [3.05, 3.63) is 22.7 Å². The Morgan fingerprint density at radius 3 is 3.00 bits per heavy atom. The first kappa shape index (κ1) is 11.0. The molecule has 0 spiro atoms. The van der Waals surface area contributed by atoms with E-state index in [1.807, 2.05) is 6.20 Å². The highest BCUT2D eigenvalue weighted by Gasteiger charge is 2.17. The summed E-state index contributed by atoms with van der Waals surface area (Å²) in [5, 5.41) is 0. The Hall–Kier alpha value is -0.480. The van der Waals surface area contributed by atoms with Gasteiger partial charge >= 0.3 is 0 Å². The van der Waals surface area contributed by atoms with Crippen molar-refractivity contribution < 1.29 is 0 Å². The number of halogens is 1. The first-order valence-electron chi connectivity index (χ1n) is 5.39. The minimum absolute atomic E-state index is 0.749. The van der Waals surface area contributed by atoms with Crippen LogP contribution in [0.25, 0.3) is 0 Å². The van der Waals surface area contributed by atoms with Crippen LogP contribution in [0.4, 0.5) is 0 Å². The van der Waals surface area contributed by atoms with E-state index in [-0.39, 0.29) is 0 Å². The molecule has 1 saturated heterocycles. The van der Waals surface area contributed by atoms with Crippen LogP contribution in [0, 0.1) is 5.92 Å². The third-order valence-corrected chi connectivity index (χ3v) is 3.30. The van der Waals surface area contributed by atoms with Crippen LogP contribution >= 0.6 is 15.9 Å². The van der Waals surface area contributed by atoms with Gasteiger partial charge in [0.25, 0.3) is 0 Å². The van der Waals surface area contributed by atoms with Crippen LogP contribution in [0.2, 0.25) is 0 Å². The summed E-state index contributed by atoms with van der Waals surface area (Å²) in [6.07, 6.45) is 7.35. The molecule has 1 atom stereocenters. The molecule has 2 rings (SSSR count). The minimum atomic E-state index is 0.749. The Morgan fingerprint density at radius 1 is 1.47 bits per heavy atom. The summed E-state index contributed by atoms with van der Waals surface area (Å²) in [5.41, 5.74) is 1.11. The summed E-state index contributed by atoms with van der Waals surface area (Å²) >= 11 is 3.30. The van der Waals surface area contributed by atoms with Crippen molar-refractivity contribution in [2.45, 2.75) is 19.3 Å². The van der Waals surface area contributed by atoms with Crippen LogP contribution in [0.15, 0.2) is 17.0 Å². The van der Waals surface area contributed by atoms with E-state index < -0.39 is 0 Å². The summed E-state index contributed by atoms with van der Waals surface area (Å²) in [6.45, 7) is 2.43. The van der Waals surface area contributed by atoms with Crippen LogP contribution in [-0.2, 0) is 6.42 Å². The fraction of sp³-hybridized carbons (Fsp3) is 0.636. The number of hydrogen-bond donors (Lipinski definition) is 0. The highest BCUT2D eigenvalue weighted by molar-refractivity contribution is 9.10. The van der Waals surface area contributed by atoms with Crippen LogP contribution in [0.1, 0.15) is 18.5 Å². The first-order chi connectivity index (χ1) is 7.24. The fourth-order valence-corrected chi connectivity index (χ4v) is 2.38. The van der Waals surface area contributed by atoms with Crippen LogP contribution < -0.4 is 0 Å². The smallest absolute Gasteiger partial charge is 0.124 e. The Labute approximate surface area is 99.0 Å². The molecule has 82 valence electrons. The average Bonchev–Trinajstić information content (AvgIpc) is 2.22. The van der Waals surface area contributed by atoms with E-state index in [4.69, 9.17) is 0 Å². The second kappa shape index (κ2) is 5.03. The predicted molar refractivity (Wildman–Crippen MR) is 63.7 cm³/mol. The average molecular weight is 270 g/mol. The zero-order chi connectivity index (χ0) is 10.7. The monoisotopic (exact) mass is 269 g/mol. The van der Waals surface area contributed by atoms with Gasteiger partial charge in [0.1, 0.15) is 4.60 Å². The lowest BCUT2D eigenvalue weighted by Crippen LogP contribution is -2.33. The molecule has 1 aromatic heterocycles. The molecule has 1 aliphatic rings.